The molecular formula is C14H20N6O3. The van der Waals surface area contributed by atoms with Crippen molar-refractivity contribution < 1.29 is 14.3 Å². The van der Waals surface area contributed by atoms with Gasteiger partial charge in [-0.2, -0.15) is 0 Å². The lowest BCUT2D eigenvalue weighted by Crippen LogP contribution is -2.44. The van der Waals surface area contributed by atoms with Gasteiger partial charge in [0.1, 0.15) is 6.10 Å². The lowest BCUT2D eigenvalue weighted by molar-refractivity contribution is 0.160. The SMILES string of the molecule is CN(C)c1ccc(O[C@H]2CCN(C(=O)N3CCNC3=O)C2)nn1. The number of carbonyl (C=O) groups excluding carboxylic acids is 2. The van der Waals surface area contributed by atoms with Gasteiger partial charge in [0.05, 0.1) is 6.54 Å². The Kier molecular flexibility index (Phi) is 4.18. The molecule has 4 amide bonds. The van der Waals surface area contributed by atoms with Crippen molar-refractivity contribution in [1.29, 1.82) is 0 Å². The molecule has 2 aliphatic heterocycles. The highest BCUT2D eigenvalue weighted by Gasteiger charge is 2.35. The van der Waals surface area contributed by atoms with E-state index in [1.54, 1.807) is 11.0 Å². The number of urea groups is 2. The molecule has 1 aromatic heterocycles. The van der Waals surface area contributed by atoms with E-state index in [0.29, 0.717) is 38.5 Å². The molecule has 0 spiro atoms. The minimum atomic E-state index is -0.329. The van der Waals surface area contributed by atoms with Crippen molar-refractivity contribution in [3.8, 4) is 5.88 Å². The molecule has 2 saturated heterocycles. The van der Waals surface area contributed by atoms with E-state index in [4.69, 9.17) is 4.74 Å². The summed E-state index contributed by atoms with van der Waals surface area (Å²) >= 11 is 0. The van der Waals surface area contributed by atoms with Gasteiger partial charge in [0.2, 0.25) is 5.88 Å². The third kappa shape index (κ3) is 3.27. The first kappa shape index (κ1) is 15.3. The maximum absolute atomic E-state index is 12.3. The Balaban J connectivity index is 1.55. The number of aromatic nitrogens is 2. The second-order valence-electron chi connectivity index (χ2n) is 5.76. The van der Waals surface area contributed by atoms with Crippen molar-refractivity contribution >= 4 is 17.9 Å². The molecule has 0 unspecified atom stereocenters. The predicted molar refractivity (Wildman–Crippen MR) is 82.5 cm³/mol. The molecule has 0 saturated carbocycles. The van der Waals surface area contributed by atoms with E-state index in [-0.39, 0.29) is 18.2 Å². The first-order chi connectivity index (χ1) is 11.0. The van der Waals surface area contributed by atoms with Gasteiger partial charge in [-0.1, -0.05) is 0 Å². The second kappa shape index (κ2) is 6.27. The standard InChI is InChI=1S/C14H20N6O3/c1-18(2)11-3-4-12(17-16-11)23-10-5-7-19(9-10)14(22)20-8-6-15-13(20)21/h3-4,10H,5-9H2,1-2H3,(H,15,21)/t10-/m0/s1. The summed E-state index contributed by atoms with van der Waals surface area (Å²) in [6, 6.07) is 3.00. The predicted octanol–water partition coefficient (Wildman–Crippen LogP) is 0.141. The van der Waals surface area contributed by atoms with Gasteiger partial charge in [-0.15, -0.1) is 10.2 Å². The molecule has 1 atom stereocenters. The van der Waals surface area contributed by atoms with Crippen molar-refractivity contribution in [2.24, 2.45) is 0 Å². The maximum Gasteiger partial charge on any atom is 0.328 e. The van der Waals surface area contributed by atoms with Crippen LogP contribution in [0.3, 0.4) is 0 Å². The monoisotopic (exact) mass is 320 g/mol. The number of rotatable bonds is 3. The lowest BCUT2D eigenvalue weighted by atomic mass is 10.3. The summed E-state index contributed by atoms with van der Waals surface area (Å²) in [6.07, 6.45) is 0.572. The Morgan fingerprint density at radius 2 is 2.17 bits per heavy atom. The number of carbonyl (C=O) groups is 2. The third-order valence-electron chi connectivity index (χ3n) is 3.87. The van der Waals surface area contributed by atoms with Crippen LogP contribution in [0.15, 0.2) is 12.1 Å². The Labute approximate surface area is 134 Å². The average molecular weight is 320 g/mol. The van der Waals surface area contributed by atoms with Gasteiger partial charge >= 0.3 is 12.1 Å². The first-order valence-electron chi connectivity index (χ1n) is 7.56. The number of nitrogens with zero attached hydrogens (tertiary/aromatic N) is 5. The molecule has 124 valence electrons. The number of anilines is 1. The average Bonchev–Trinajstić information content (AvgIpc) is 3.16. The van der Waals surface area contributed by atoms with Crippen molar-refractivity contribution in [2.75, 3.05) is 45.2 Å². The van der Waals surface area contributed by atoms with E-state index in [1.165, 1.54) is 4.90 Å². The Hall–Kier alpha value is -2.58. The van der Waals surface area contributed by atoms with E-state index in [0.717, 1.165) is 5.82 Å². The zero-order chi connectivity index (χ0) is 16.4. The van der Waals surface area contributed by atoms with E-state index < -0.39 is 0 Å². The zero-order valence-corrected chi connectivity index (χ0v) is 13.2. The van der Waals surface area contributed by atoms with Crippen molar-refractivity contribution in [3.05, 3.63) is 12.1 Å². The van der Waals surface area contributed by atoms with Gasteiger partial charge in [0.25, 0.3) is 0 Å². The molecule has 9 nitrogen and oxygen atoms in total. The summed E-state index contributed by atoms with van der Waals surface area (Å²) in [5.74, 6) is 1.19. The van der Waals surface area contributed by atoms with Crippen LogP contribution in [0.5, 0.6) is 5.88 Å². The minimum absolute atomic E-state index is 0.135. The molecule has 0 radical (unpaired) electrons. The fourth-order valence-electron chi connectivity index (χ4n) is 2.61. The van der Waals surface area contributed by atoms with Gasteiger partial charge in [0, 0.05) is 46.2 Å². The molecule has 0 bridgehead atoms. The summed E-state index contributed by atoms with van der Waals surface area (Å²) in [6.45, 7) is 1.93. The Morgan fingerprint density at radius 1 is 1.35 bits per heavy atom. The van der Waals surface area contributed by atoms with Crippen molar-refractivity contribution in [1.82, 2.24) is 25.3 Å². The smallest absolute Gasteiger partial charge is 0.328 e. The van der Waals surface area contributed by atoms with Gasteiger partial charge in [0.15, 0.2) is 5.82 Å². The van der Waals surface area contributed by atoms with Gasteiger partial charge in [-0.3, -0.25) is 0 Å². The fraction of sp³-hybridized carbons (Fsp3) is 0.571. The number of hydrogen-bond donors (Lipinski definition) is 1. The van der Waals surface area contributed by atoms with E-state index in [1.807, 2.05) is 25.1 Å². The fourth-order valence-corrected chi connectivity index (χ4v) is 2.61. The van der Waals surface area contributed by atoms with Crippen LogP contribution in [0.1, 0.15) is 6.42 Å². The van der Waals surface area contributed by atoms with Crippen LogP contribution in [0.4, 0.5) is 15.4 Å². The highest BCUT2D eigenvalue weighted by Crippen LogP contribution is 2.19. The summed E-state index contributed by atoms with van der Waals surface area (Å²) in [4.78, 5) is 28.5. The molecule has 9 heteroatoms. The topological polar surface area (TPSA) is 90.9 Å². The summed E-state index contributed by atoms with van der Waals surface area (Å²) in [7, 11) is 3.78. The highest BCUT2D eigenvalue weighted by molar-refractivity contribution is 5.95. The zero-order valence-electron chi connectivity index (χ0n) is 13.2. The maximum atomic E-state index is 12.3. The van der Waals surface area contributed by atoms with Crippen LogP contribution in [-0.4, -0.2) is 78.4 Å². The molecule has 2 fully saturated rings. The lowest BCUT2D eigenvalue weighted by Gasteiger charge is -2.21. The van der Waals surface area contributed by atoms with Gasteiger partial charge in [-0.25, -0.2) is 14.5 Å². The quantitative estimate of drug-likeness (QED) is 0.852. The van der Waals surface area contributed by atoms with Crippen LogP contribution in [-0.2, 0) is 0 Å². The van der Waals surface area contributed by atoms with E-state index >= 15 is 0 Å². The van der Waals surface area contributed by atoms with Crippen LogP contribution < -0.4 is 15.0 Å². The largest absolute Gasteiger partial charge is 0.471 e. The number of amides is 4. The molecule has 0 aromatic carbocycles. The van der Waals surface area contributed by atoms with Crippen molar-refractivity contribution in [2.45, 2.75) is 12.5 Å². The number of hydrogen-bond acceptors (Lipinski definition) is 6. The van der Waals surface area contributed by atoms with Crippen LogP contribution in [0, 0.1) is 0 Å². The molecule has 1 aromatic rings. The van der Waals surface area contributed by atoms with Crippen LogP contribution in [0.25, 0.3) is 0 Å². The number of imide groups is 1. The molecule has 3 heterocycles. The Bertz CT molecular complexity index is 591. The van der Waals surface area contributed by atoms with Gasteiger partial charge < -0.3 is 19.9 Å². The second-order valence-corrected chi connectivity index (χ2v) is 5.76. The highest BCUT2D eigenvalue weighted by atomic mass is 16.5. The summed E-state index contributed by atoms with van der Waals surface area (Å²) < 4.78 is 5.77. The number of ether oxygens (including phenoxy) is 1. The van der Waals surface area contributed by atoms with Crippen molar-refractivity contribution in [3.63, 3.8) is 0 Å². The molecule has 2 aliphatic rings. The molecule has 3 rings (SSSR count). The van der Waals surface area contributed by atoms with Crippen LogP contribution in [0.2, 0.25) is 0 Å². The minimum Gasteiger partial charge on any atom is -0.471 e. The normalized spacial score (nSPS) is 20.6. The van der Waals surface area contributed by atoms with Crippen LogP contribution >= 0.6 is 0 Å². The number of nitrogens with one attached hydrogen (secondary N) is 1. The van der Waals surface area contributed by atoms with E-state index in [9.17, 15) is 9.59 Å². The molecular weight excluding hydrogens is 300 g/mol. The number of likely N-dealkylation sites (tertiary alicyclic amines) is 1. The molecule has 23 heavy (non-hydrogen) atoms. The van der Waals surface area contributed by atoms with Gasteiger partial charge in [-0.05, 0) is 6.07 Å². The summed E-state index contributed by atoms with van der Waals surface area (Å²) in [5.41, 5.74) is 0. The molecule has 1 N–H and O–H groups in total. The first-order valence-corrected chi connectivity index (χ1v) is 7.56. The molecule has 0 aliphatic carbocycles. The Morgan fingerprint density at radius 3 is 2.78 bits per heavy atom. The summed E-state index contributed by atoms with van der Waals surface area (Å²) in [5, 5.41) is 10.7. The van der Waals surface area contributed by atoms with E-state index in [2.05, 4.69) is 15.5 Å². The third-order valence-corrected chi connectivity index (χ3v) is 3.87.